The molecule has 0 radical (unpaired) electrons. The van der Waals surface area contributed by atoms with Crippen molar-refractivity contribution < 1.29 is 4.79 Å². The maximum Gasteiger partial charge on any atom is 0.234 e. The highest BCUT2D eigenvalue weighted by molar-refractivity contribution is 7.99. The van der Waals surface area contributed by atoms with Gasteiger partial charge >= 0.3 is 0 Å². The lowest BCUT2D eigenvalue weighted by atomic mass is 10.2. The Bertz CT molecular complexity index is 814. The molecule has 0 fully saturated rings. The lowest BCUT2D eigenvalue weighted by molar-refractivity contribution is -0.113. The van der Waals surface area contributed by atoms with Crippen molar-refractivity contribution in [1.29, 1.82) is 0 Å². The quantitative estimate of drug-likeness (QED) is 0.692. The Balaban J connectivity index is 1.58. The van der Waals surface area contributed by atoms with Gasteiger partial charge < -0.3 is 9.88 Å². The second-order valence-electron chi connectivity index (χ2n) is 5.48. The number of benzene rings is 2. The van der Waals surface area contributed by atoms with Crippen LogP contribution in [0.2, 0.25) is 0 Å². The molecule has 0 saturated heterocycles. The summed E-state index contributed by atoms with van der Waals surface area (Å²) in [7, 11) is 0. The van der Waals surface area contributed by atoms with Crippen LogP contribution in [0.5, 0.6) is 0 Å². The van der Waals surface area contributed by atoms with Crippen molar-refractivity contribution >= 4 is 23.4 Å². The first kappa shape index (κ1) is 16.3. The first-order valence-corrected chi connectivity index (χ1v) is 8.74. The Labute approximate surface area is 145 Å². The molecule has 0 saturated carbocycles. The Morgan fingerprint density at radius 3 is 2.67 bits per heavy atom. The van der Waals surface area contributed by atoms with Crippen LogP contribution in [-0.4, -0.2) is 21.2 Å². The van der Waals surface area contributed by atoms with Gasteiger partial charge in [0.15, 0.2) is 5.16 Å². The molecule has 122 valence electrons. The summed E-state index contributed by atoms with van der Waals surface area (Å²) in [5, 5.41) is 3.79. The minimum absolute atomic E-state index is 0.0245. The van der Waals surface area contributed by atoms with E-state index in [1.807, 2.05) is 55.6 Å². The molecule has 24 heavy (non-hydrogen) atoms. The molecule has 0 unspecified atom stereocenters. The van der Waals surface area contributed by atoms with Crippen molar-refractivity contribution in [2.45, 2.75) is 18.6 Å². The molecule has 1 heterocycles. The van der Waals surface area contributed by atoms with Crippen molar-refractivity contribution in [3.05, 3.63) is 78.1 Å². The number of aromatic nitrogens is 2. The molecule has 1 amide bonds. The van der Waals surface area contributed by atoms with Gasteiger partial charge in [-0.3, -0.25) is 4.79 Å². The fraction of sp³-hybridized carbons (Fsp3) is 0.158. The summed E-state index contributed by atoms with van der Waals surface area (Å²) < 4.78 is 2.06. The summed E-state index contributed by atoms with van der Waals surface area (Å²) in [4.78, 5) is 16.5. The maximum atomic E-state index is 12.2. The lowest BCUT2D eigenvalue weighted by Crippen LogP contribution is -2.15. The molecule has 4 nitrogen and oxygen atoms in total. The number of rotatable bonds is 6. The molecule has 0 aliphatic carbocycles. The highest BCUT2D eigenvalue weighted by Gasteiger charge is 2.09. The highest BCUT2D eigenvalue weighted by atomic mass is 32.2. The molecular formula is C19H19N3OS. The third-order valence-corrected chi connectivity index (χ3v) is 4.63. The molecule has 0 aliphatic heterocycles. The summed E-state index contributed by atoms with van der Waals surface area (Å²) in [5.74, 6) is 0.309. The molecule has 1 N–H and O–H groups in total. The molecule has 1 aromatic heterocycles. The lowest BCUT2D eigenvalue weighted by Gasteiger charge is -2.09. The van der Waals surface area contributed by atoms with E-state index in [1.54, 1.807) is 6.20 Å². The van der Waals surface area contributed by atoms with Gasteiger partial charge in [0, 0.05) is 24.6 Å². The number of carbonyl (C=O) groups excluding carboxylic acids is 1. The van der Waals surface area contributed by atoms with E-state index in [2.05, 4.69) is 27.0 Å². The summed E-state index contributed by atoms with van der Waals surface area (Å²) in [6, 6.07) is 18.0. The zero-order chi connectivity index (χ0) is 16.8. The number of hydrogen-bond donors (Lipinski definition) is 1. The number of aryl methyl sites for hydroxylation is 1. The van der Waals surface area contributed by atoms with Crippen molar-refractivity contribution in [2.24, 2.45) is 0 Å². The molecule has 5 heteroatoms. The predicted octanol–water partition coefficient (Wildman–Crippen LogP) is 3.97. The second kappa shape index (κ2) is 7.84. The van der Waals surface area contributed by atoms with Gasteiger partial charge in [0.1, 0.15) is 0 Å². The van der Waals surface area contributed by atoms with E-state index in [0.717, 1.165) is 23.0 Å². The van der Waals surface area contributed by atoms with Crippen LogP contribution in [0, 0.1) is 6.92 Å². The van der Waals surface area contributed by atoms with Crippen molar-refractivity contribution in [2.75, 3.05) is 11.1 Å². The monoisotopic (exact) mass is 337 g/mol. The van der Waals surface area contributed by atoms with Gasteiger partial charge in [-0.1, -0.05) is 60.3 Å². The molecule has 0 bridgehead atoms. The topological polar surface area (TPSA) is 46.9 Å². The van der Waals surface area contributed by atoms with Gasteiger partial charge in [-0.15, -0.1) is 0 Å². The minimum Gasteiger partial charge on any atom is -0.325 e. The van der Waals surface area contributed by atoms with E-state index in [1.165, 1.54) is 17.3 Å². The fourth-order valence-corrected chi connectivity index (χ4v) is 3.12. The van der Waals surface area contributed by atoms with Crippen LogP contribution in [0.4, 0.5) is 5.69 Å². The van der Waals surface area contributed by atoms with Gasteiger partial charge in [0.05, 0.1) is 5.75 Å². The average Bonchev–Trinajstić information content (AvgIpc) is 3.03. The molecule has 3 aromatic rings. The Morgan fingerprint density at radius 1 is 1.12 bits per heavy atom. The molecule has 0 spiro atoms. The number of imidazole rings is 1. The summed E-state index contributed by atoms with van der Waals surface area (Å²) in [5.41, 5.74) is 3.12. The third kappa shape index (κ3) is 4.26. The number of para-hydroxylation sites is 1. The highest BCUT2D eigenvalue weighted by Crippen LogP contribution is 2.19. The van der Waals surface area contributed by atoms with Crippen LogP contribution in [0.3, 0.4) is 0 Å². The Morgan fingerprint density at radius 2 is 1.88 bits per heavy atom. The number of anilines is 1. The Kier molecular flexibility index (Phi) is 5.33. The minimum atomic E-state index is -0.0245. The first-order chi connectivity index (χ1) is 11.7. The van der Waals surface area contributed by atoms with Crippen LogP contribution in [-0.2, 0) is 11.3 Å². The smallest absolute Gasteiger partial charge is 0.234 e. The number of thioether (sulfide) groups is 1. The molecule has 2 aromatic carbocycles. The van der Waals surface area contributed by atoms with Gasteiger partial charge in [-0.2, -0.15) is 0 Å². The van der Waals surface area contributed by atoms with E-state index in [9.17, 15) is 4.79 Å². The number of nitrogens with zero attached hydrogens (tertiary/aromatic N) is 2. The van der Waals surface area contributed by atoms with Crippen LogP contribution in [0.15, 0.2) is 72.1 Å². The summed E-state index contributed by atoms with van der Waals surface area (Å²) in [6.07, 6.45) is 3.71. The van der Waals surface area contributed by atoms with Crippen molar-refractivity contribution in [1.82, 2.24) is 9.55 Å². The molecular weight excluding hydrogens is 318 g/mol. The largest absolute Gasteiger partial charge is 0.325 e. The second-order valence-corrected chi connectivity index (χ2v) is 6.42. The summed E-state index contributed by atoms with van der Waals surface area (Å²) >= 11 is 1.45. The molecule has 3 rings (SSSR count). The number of nitrogens with one attached hydrogen (secondary N) is 1. The number of hydrogen-bond acceptors (Lipinski definition) is 3. The Hall–Kier alpha value is -2.53. The predicted molar refractivity (Wildman–Crippen MR) is 98.3 cm³/mol. The zero-order valence-corrected chi connectivity index (χ0v) is 14.3. The van der Waals surface area contributed by atoms with Crippen molar-refractivity contribution in [3.63, 3.8) is 0 Å². The van der Waals surface area contributed by atoms with E-state index in [4.69, 9.17) is 0 Å². The van der Waals surface area contributed by atoms with E-state index >= 15 is 0 Å². The SMILES string of the molecule is Cc1ccccc1NC(=O)CSc1nccn1Cc1ccccc1. The summed E-state index contributed by atoms with van der Waals surface area (Å²) in [6.45, 7) is 2.73. The van der Waals surface area contributed by atoms with Gasteiger partial charge in [0.2, 0.25) is 5.91 Å². The standard InChI is InChI=1S/C19H19N3OS/c1-15-7-5-6-10-17(15)21-18(23)14-24-19-20-11-12-22(19)13-16-8-3-2-4-9-16/h2-12H,13-14H2,1H3,(H,21,23). The van der Waals surface area contributed by atoms with E-state index < -0.39 is 0 Å². The van der Waals surface area contributed by atoms with E-state index in [0.29, 0.717) is 5.75 Å². The van der Waals surface area contributed by atoms with Crippen LogP contribution in [0.1, 0.15) is 11.1 Å². The van der Waals surface area contributed by atoms with Gasteiger partial charge in [-0.25, -0.2) is 4.98 Å². The number of carbonyl (C=O) groups is 1. The van der Waals surface area contributed by atoms with Crippen LogP contribution < -0.4 is 5.32 Å². The third-order valence-electron chi connectivity index (χ3n) is 3.62. The fourth-order valence-electron chi connectivity index (χ4n) is 2.37. The normalized spacial score (nSPS) is 10.5. The molecule has 0 aliphatic rings. The molecule has 0 atom stereocenters. The van der Waals surface area contributed by atoms with Gasteiger partial charge in [-0.05, 0) is 24.1 Å². The van der Waals surface area contributed by atoms with Gasteiger partial charge in [0.25, 0.3) is 0 Å². The zero-order valence-electron chi connectivity index (χ0n) is 13.5. The van der Waals surface area contributed by atoms with Crippen molar-refractivity contribution in [3.8, 4) is 0 Å². The maximum absolute atomic E-state index is 12.2. The number of amides is 1. The van der Waals surface area contributed by atoms with E-state index in [-0.39, 0.29) is 5.91 Å². The van der Waals surface area contributed by atoms with Crippen LogP contribution >= 0.6 is 11.8 Å². The first-order valence-electron chi connectivity index (χ1n) is 7.76. The average molecular weight is 337 g/mol. The van der Waals surface area contributed by atoms with Crippen LogP contribution in [0.25, 0.3) is 0 Å².